The van der Waals surface area contributed by atoms with Crippen molar-refractivity contribution in [1.82, 2.24) is 9.47 Å². The van der Waals surface area contributed by atoms with Gasteiger partial charge in [0.2, 0.25) is 5.91 Å². The highest BCUT2D eigenvalue weighted by molar-refractivity contribution is 6.03. The monoisotopic (exact) mass is 298 g/mol. The number of hydrogen-bond donors (Lipinski definition) is 0. The van der Waals surface area contributed by atoms with E-state index in [0.717, 1.165) is 5.56 Å². The number of imide groups is 1. The summed E-state index contributed by atoms with van der Waals surface area (Å²) < 4.78 is 6.00. The van der Waals surface area contributed by atoms with Gasteiger partial charge in [-0.05, 0) is 11.6 Å². The fourth-order valence-electron chi connectivity index (χ4n) is 2.52. The fourth-order valence-corrected chi connectivity index (χ4v) is 2.52. The van der Waals surface area contributed by atoms with Crippen molar-refractivity contribution in [2.75, 3.05) is 7.11 Å². The summed E-state index contributed by atoms with van der Waals surface area (Å²) in [5, 5.41) is 0. The van der Waals surface area contributed by atoms with Gasteiger partial charge in [-0.3, -0.25) is 14.3 Å². The zero-order chi connectivity index (χ0) is 15.7. The molecule has 1 aromatic carbocycles. The number of carbonyl (C=O) groups excluding carboxylic acids is 3. The Balaban J connectivity index is 1.92. The van der Waals surface area contributed by atoms with E-state index in [-0.39, 0.29) is 24.4 Å². The van der Waals surface area contributed by atoms with Gasteiger partial charge in [-0.15, -0.1) is 0 Å². The first-order valence-corrected chi connectivity index (χ1v) is 6.79. The van der Waals surface area contributed by atoms with Gasteiger partial charge in [-0.1, -0.05) is 30.3 Å². The van der Waals surface area contributed by atoms with Crippen molar-refractivity contribution in [1.29, 1.82) is 0 Å². The van der Waals surface area contributed by atoms with Gasteiger partial charge in [0.15, 0.2) is 0 Å². The van der Waals surface area contributed by atoms with E-state index in [0.29, 0.717) is 5.69 Å². The number of fused-ring (bicyclic) bond motifs is 1. The summed E-state index contributed by atoms with van der Waals surface area (Å²) in [7, 11) is 1.26. The lowest BCUT2D eigenvalue weighted by Crippen LogP contribution is -2.45. The standard InChI is InChI=1S/C16H14N2O4/c1-22-15(20)12-7-8-17-13(12)9-14(19)18(16(17)21)10-11-5-3-2-4-6-11/h2-8H,9-10H2,1H3. The smallest absolute Gasteiger partial charge is 0.339 e. The number of rotatable bonds is 3. The predicted molar refractivity (Wildman–Crippen MR) is 77.3 cm³/mol. The Morgan fingerprint density at radius 3 is 2.59 bits per heavy atom. The molecule has 1 aromatic heterocycles. The molecule has 112 valence electrons. The lowest BCUT2D eigenvalue weighted by Gasteiger charge is -2.27. The summed E-state index contributed by atoms with van der Waals surface area (Å²) in [4.78, 5) is 37.6. The van der Waals surface area contributed by atoms with Crippen LogP contribution >= 0.6 is 0 Å². The molecule has 1 aliphatic heterocycles. The molecule has 2 amide bonds. The average Bonchev–Trinajstić information content (AvgIpc) is 2.95. The molecule has 22 heavy (non-hydrogen) atoms. The second-order valence-corrected chi connectivity index (χ2v) is 4.96. The summed E-state index contributed by atoms with van der Waals surface area (Å²) in [5.41, 5.74) is 1.50. The molecule has 0 radical (unpaired) electrons. The number of amides is 2. The van der Waals surface area contributed by atoms with Gasteiger partial charge in [0.25, 0.3) is 0 Å². The molecule has 3 rings (SSSR count). The topological polar surface area (TPSA) is 68.6 Å². The third kappa shape index (κ3) is 2.28. The number of nitrogens with zero attached hydrogens (tertiary/aromatic N) is 2. The molecular weight excluding hydrogens is 284 g/mol. The van der Waals surface area contributed by atoms with E-state index in [1.165, 1.54) is 28.8 Å². The quantitative estimate of drug-likeness (QED) is 0.811. The maximum atomic E-state index is 12.5. The maximum Gasteiger partial charge on any atom is 0.339 e. The van der Waals surface area contributed by atoms with Crippen LogP contribution < -0.4 is 0 Å². The fraction of sp³-hybridized carbons (Fsp3) is 0.188. The maximum absolute atomic E-state index is 12.5. The van der Waals surface area contributed by atoms with E-state index in [1.54, 1.807) is 0 Å². The molecule has 0 fully saturated rings. The molecule has 2 heterocycles. The van der Waals surface area contributed by atoms with Gasteiger partial charge in [-0.2, -0.15) is 0 Å². The zero-order valence-corrected chi connectivity index (χ0v) is 12.0. The highest BCUT2D eigenvalue weighted by atomic mass is 16.5. The number of esters is 1. The Labute approximate surface area is 126 Å². The zero-order valence-electron chi connectivity index (χ0n) is 12.0. The van der Waals surface area contributed by atoms with Gasteiger partial charge in [-0.25, -0.2) is 9.59 Å². The second kappa shape index (κ2) is 5.48. The van der Waals surface area contributed by atoms with Gasteiger partial charge >= 0.3 is 12.0 Å². The Bertz CT molecular complexity index is 749. The largest absolute Gasteiger partial charge is 0.465 e. The third-order valence-corrected chi connectivity index (χ3v) is 3.64. The second-order valence-electron chi connectivity index (χ2n) is 4.96. The Morgan fingerprint density at radius 2 is 1.91 bits per heavy atom. The average molecular weight is 298 g/mol. The summed E-state index contributed by atoms with van der Waals surface area (Å²) in [6.45, 7) is 0.212. The molecule has 0 aliphatic carbocycles. The molecule has 0 saturated carbocycles. The lowest BCUT2D eigenvalue weighted by molar-refractivity contribution is -0.128. The number of hydrogen-bond acceptors (Lipinski definition) is 4. The number of methoxy groups -OCH3 is 1. The van der Waals surface area contributed by atoms with Crippen LogP contribution in [0.3, 0.4) is 0 Å². The van der Waals surface area contributed by atoms with Crippen LogP contribution in [0.2, 0.25) is 0 Å². The van der Waals surface area contributed by atoms with Crippen LogP contribution in [-0.2, 0) is 22.5 Å². The SMILES string of the molecule is COC(=O)c1ccn2c1CC(=O)N(Cc1ccccc1)C2=O. The minimum Gasteiger partial charge on any atom is -0.465 e. The molecule has 0 unspecified atom stereocenters. The Hall–Kier alpha value is -2.89. The van der Waals surface area contributed by atoms with Crippen molar-refractivity contribution >= 4 is 17.9 Å². The number of benzene rings is 1. The van der Waals surface area contributed by atoms with Crippen molar-refractivity contribution < 1.29 is 19.1 Å². The predicted octanol–water partition coefficient (Wildman–Crippen LogP) is 1.83. The summed E-state index contributed by atoms with van der Waals surface area (Å²) in [5.74, 6) is -0.879. The molecule has 6 nitrogen and oxygen atoms in total. The normalized spacial score (nSPS) is 14.0. The molecule has 0 spiro atoms. The minimum atomic E-state index is -0.550. The molecular formula is C16H14N2O4. The van der Waals surface area contributed by atoms with Gasteiger partial charge in [0, 0.05) is 6.20 Å². The first-order chi connectivity index (χ1) is 10.6. The molecule has 0 bridgehead atoms. The van der Waals surface area contributed by atoms with Crippen molar-refractivity contribution in [2.45, 2.75) is 13.0 Å². The summed E-state index contributed by atoms with van der Waals surface area (Å²) in [6.07, 6.45) is 1.49. The van der Waals surface area contributed by atoms with E-state index in [9.17, 15) is 14.4 Å². The van der Waals surface area contributed by atoms with Gasteiger partial charge in [0.05, 0.1) is 31.3 Å². The summed E-state index contributed by atoms with van der Waals surface area (Å²) >= 11 is 0. The molecule has 1 aliphatic rings. The van der Waals surface area contributed by atoms with Crippen molar-refractivity contribution in [2.24, 2.45) is 0 Å². The van der Waals surface area contributed by atoms with E-state index in [4.69, 9.17) is 0 Å². The van der Waals surface area contributed by atoms with Crippen LogP contribution in [0.4, 0.5) is 4.79 Å². The van der Waals surface area contributed by atoms with Gasteiger partial charge in [0.1, 0.15) is 0 Å². The van der Waals surface area contributed by atoms with Crippen molar-refractivity contribution in [3.8, 4) is 0 Å². The molecule has 6 heteroatoms. The Kier molecular flexibility index (Phi) is 3.50. The van der Waals surface area contributed by atoms with E-state index in [2.05, 4.69) is 4.74 Å². The van der Waals surface area contributed by atoms with Crippen LogP contribution in [0.1, 0.15) is 21.6 Å². The summed E-state index contributed by atoms with van der Waals surface area (Å²) in [6, 6.07) is 10.3. The minimum absolute atomic E-state index is 0.00396. The number of aromatic nitrogens is 1. The van der Waals surface area contributed by atoms with E-state index >= 15 is 0 Å². The third-order valence-electron chi connectivity index (χ3n) is 3.64. The van der Waals surface area contributed by atoms with Crippen molar-refractivity contribution in [3.05, 3.63) is 59.4 Å². The molecule has 0 N–H and O–H groups in total. The van der Waals surface area contributed by atoms with Crippen LogP contribution in [0.5, 0.6) is 0 Å². The lowest BCUT2D eigenvalue weighted by atomic mass is 10.1. The molecule has 0 atom stereocenters. The first kappa shape index (κ1) is 14.1. The van der Waals surface area contributed by atoms with Crippen LogP contribution in [0.25, 0.3) is 0 Å². The Morgan fingerprint density at radius 1 is 1.18 bits per heavy atom. The first-order valence-electron chi connectivity index (χ1n) is 6.79. The van der Waals surface area contributed by atoms with Crippen molar-refractivity contribution in [3.63, 3.8) is 0 Å². The molecule has 0 saturated heterocycles. The van der Waals surface area contributed by atoms with Gasteiger partial charge < -0.3 is 4.74 Å². The van der Waals surface area contributed by atoms with E-state index in [1.807, 2.05) is 30.3 Å². The van der Waals surface area contributed by atoms with E-state index < -0.39 is 12.0 Å². The van der Waals surface area contributed by atoms with Crippen LogP contribution in [0, 0.1) is 0 Å². The molecule has 2 aromatic rings. The highest BCUT2D eigenvalue weighted by Gasteiger charge is 2.33. The van der Waals surface area contributed by atoms with Crippen LogP contribution in [-0.4, -0.2) is 34.5 Å². The number of ether oxygens (including phenoxy) is 1. The highest BCUT2D eigenvalue weighted by Crippen LogP contribution is 2.21. The number of carbonyl (C=O) groups is 3. The van der Waals surface area contributed by atoms with Crippen LogP contribution in [0.15, 0.2) is 42.6 Å².